The Balaban J connectivity index is 1.79. The number of halogens is 1. The van der Waals surface area contributed by atoms with Crippen LogP contribution >= 0.6 is 0 Å². The molecule has 4 rings (SSSR count). The van der Waals surface area contributed by atoms with Crippen molar-refractivity contribution in [1.82, 2.24) is 25.1 Å². The third-order valence-electron chi connectivity index (χ3n) is 4.10. The van der Waals surface area contributed by atoms with E-state index in [4.69, 9.17) is 14.0 Å². The summed E-state index contributed by atoms with van der Waals surface area (Å²) in [7, 11) is 3.09. The molecule has 4 aromatic rings. The third kappa shape index (κ3) is 3.12. The van der Waals surface area contributed by atoms with Gasteiger partial charge >= 0.3 is 0 Å². The largest absolute Gasteiger partial charge is 0.496 e. The first kappa shape index (κ1) is 17.8. The molecule has 0 N–H and O–H groups in total. The minimum atomic E-state index is -0.434. The van der Waals surface area contributed by atoms with Crippen molar-refractivity contribution in [3.05, 3.63) is 60.0 Å². The predicted molar refractivity (Wildman–Crippen MR) is 97.3 cm³/mol. The Morgan fingerprint density at radius 1 is 1.07 bits per heavy atom. The summed E-state index contributed by atoms with van der Waals surface area (Å²) < 4.78 is 31.6. The summed E-state index contributed by atoms with van der Waals surface area (Å²) in [5, 5.41) is 12.2. The normalized spacial score (nSPS) is 11.0. The molecule has 9 heteroatoms. The van der Waals surface area contributed by atoms with Gasteiger partial charge in [-0.1, -0.05) is 34.6 Å². The van der Waals surface area contributed by atoms with Crippen LogP contribution in [-0.4, -0.2) is 39.4 Å². The molecule has 0 aliphatic carbocycles. The first-order valence-electron chi connectivity index (χ1n) is 8.38. The molecular formula is C19H16FN5O3. The van der Waals surface area contributed by atoms with Gasteiger partial charge in [-0.05, 0) is 24.3 Å². The highest BCUT2D eigenvalue weighted by molar-refractivity contribution is 5.65. The van der Waals surface area contributed by atoms with Crippen molar-refractivity contribution in [2.75, 3.05) is 14.2 Å². The molecule has 2 aromatic carbocycles. The number of para-hydroxylation sites is 2. The lowest BCUT2D eigenvalue weighted by Crippen LogP contribution is -2.06. The number of methoxy groups -OCH3 is 2. The van der Waals surface area contributed by atoms with Crippen LogP contribution in [0.25, 0.3) is 28.7 Å². The van der Waals surface area contributed by atoms with E-state index >= 15 is 0 Å². The van der Waals surface area contributed by atoms with Crippen LogP contribution in [0.2, 0.25) is 0 Å². The van der Waals surface area contributed by atoms with Crippen molar-refractivity contribution in [1.29, 1.82) is 0 Å². The standard InChI is InChI=1S/C19H16FN5O3/c1-26-11-15-17(22-24-25(15)14-9-5-4-8-13(14)20)19-21-18(23-28-19)12-7-3-6-10-16(12)27-2/h3-10H,11H2,1-2H3. The molecule has 0 spiro atoms. The van der Waals surface area contributed by atoms with Gasteiger partial charge in [-0.25, -0.2) is 9.07 Å². The first-order chi connectivity index (χ1) is 13.7. The number of benzene rings is 2. The molecule has 0 bridgehead atoms. The van der Waals surface area contributed by atoms with E-state index in [2.05, 4.69) is 20.5 Å². The highest BCUT2D eigenvalue weighted by atomic mass is 19.1. The van der Waals surface area contributed by atoms with Crippen molar-refractivity contribution in [2.45, 2.75) is 6.61 Å². The van der Waals surface area contributed by atoms with Gasteiger partial charge in [0.1, 0.15) is 22.9 Å². The van der Waals surface area contributed by atoms with Crippen molar-refractivity contribution in [3.63, 3.8) is 0 Å². The van der Waals surface area contributed by atoms with Crippen molar-refractivity contribution in [3.8, 4) is 34.4 Å². The quantitative estimate of drug-likeness (QED) is 0.506. The first-order valence-corrected chi connectivity index (χ1v) is 8.38. The van der Waals surface area contributed by atoms with Gasteiger partial charge in [0.15, 0.2) is 5.69 Å². The van der Waals surface area contributed by atoms with Crippen LogP contribution in [-0.2, 0) is 11.3 Å². The minimum Gasteiger partial charge on any atom is -0.496 e. The SMILES string of the molecule is COCc1c(-c2nc(-c3ccccc3OC)no2)nnn1-c1ccccc1F. The summed E-state index contributed by atoms with van der Waals surface area (Å²) >= 11 is 0. The maximum absolute atomic E-state index is 14.2. The van der Waals surface area contributed by atoms with E-state index in [-0.39, 0.29) is 18.2 Å². The molecule has 0 saturated heterocycles. The lowest BCUT2D eigenvalue weighted by Gasteiger charge is -2.07. The van der Waals surface area contributed by atoms with Crippen LogP contribution in [0.4, 0.5) is 4.39 Å². The minimum absolute atomic E-state index is 0.128. The van der Waals surface area contributed by atoms with Gasteiger partial charge in [-0.15, -0.1) is 5.10 Å². The second kappa shape index (κ2) is 7.57. The molecule has 0 aliphatic heterocycles. The topological polar surface area (TPSA) is 88.1 Å². The van der Waals surface area contributed by atoms with E-state index in [1.165, 1.54) is 17.9 Å². The van der Waals surface area contributed by atoms with E-state index < -0.39 is 5.82 Å². The third-order valence-corrected chi connectivity index (χ3v) is 4.10. The molecule has 2 aromatic heterocycles. The van der Waals surface area contributed by atoms with E-state index in [1.807, 2.05) is 18.2 Å². The van der Waals surface area contributed by atoms with Crippen LogP contribution < -0.4 is 4.74 Å². The Labute approximate surface area is 159 Å². The van der Waals surface area contributed by atoms with Gasteiger partial charge in [0, 0.05) is 7.11 Å². The van der Waals surface area contributed by atoms with Crippen LogP contribution in [0.3, 0.4) is 0 Å². The molecule has 2 heterocycles. The lowest BCUT2D eigenvalue weighted by atomic mass is 10.2. The molecule has 0 atom stereocenters. The average Bonchev–Trinajstić information content (AvgIpc) is 3.36. The van der Waals surface area contributed by atoms with Gasteiger partial charge in [0.2, 0.25) is 5.82 Å². The number of rotatable bonds is 6. The monoisotopic (exact) mass is 381 g/mol. The molecule has 0 radical (unpaired) electrons. The number of hydrogen-bond donors (Lipinski definition) is 0. The van der Waals surface area contributed by atoms with E-state index in [0.29, 0.717) is 28.5 Å². The van der Waals surface area contributed by atoms with Crippen molar-refractivity contribution >= 4 is 0 Å². The summed E-state index contributed by atoms with van der Waals surface area (Å²) in [6, 6.07) is 13.6. The van der Waals surface area contributed by atoms with Crippen molar-refractivity contribution in [2.24, 2.45) is 0 Å². The fraction of sp³-hybridized carbons (Fsp3) is 0.158. The summed E-state index contributed by atoms with van der Waals surface area (Å²) in [4.78, 5) is 4.41. The Hall–Kier alpha value is -3.59. The fourth-order valence-electron chi connectivity index (χ4n) is 2.81. The summed E-state index contributed by atoms with van der Waals surface area (Å²) in [5.41, 5.74) is 1.73. The van der Waals surface area contributed by atoms with Crippen LogP contribution in [0.5, 0.6) is 5.75 Å². The number of hydrogen-bond acceptors (Lipinski definition) is 7. The summed E-state index contributed by atoms with van der Waals surface area (Å²) in [6.45, 7) is 0.128. The van der Waals surface area contributed by atoms with E-state index in [9.17, 15) is 4.39 Å². The van der Waals surface area contributed by atoms with Crippen molar-refractivity contribution < 1.29 is 18.4 Å². The van der Waals surface area contributed by atoms with Gasteiger partial charge in [0.25, 0.3) is 5.89 Å². The zero-order valence-electron chi connectivity index (χ0n) is 15.2. The maximum Gasteiger partial charge on any atom is 0.280 e. The molecular weight excluding hydrogens is 365 g/mol. The molecule has 28 heavy (non-hydrogen) atoms. The Bertz CT molecular complexity index is 1110. The predicted octanol–water partition coefficient (Wildman–Crippen LogP) is 3.28. The number of aromatic nitrogens is 5. The van der Waals surface area contributed by atoms with E-state index in [0.717, 1.165) is 0 Å². The highest BCUT2D eigenvalue weighted by Gasteiger charge is 2.23. The Morgan fingerprint density at radius 3 is 2.64 bits per heavy atom. The fourth-order valence-corrected chi connectivity index (χ4v) is 2.81. The molecule has 0 unspecified atom stereocenters. The highest BCUT2D eigenvalue weighted by Crippen LogP contribution is 2.30. The molecule has 0 saturated carbocycles. The summed E-state index contributed by atoms with van der Waals surface area (Å²) in [5.74, 6) is 0.672. The number of ether oxygens (including phenoxy) is 2. The molecule has 0 fully saturated rings. The Morgan fingerprint density at radius 2 is 1.86 bits per heavy atom. The van der Waals surface area contributed by atoms with Gasteiger partial charge in [0.05, 0.1) is 19.3 Å². The molecule has 142 valence electrons. The average molecular weight is 381 g/mol. The molecule has 8 nitrogen and oxygen atoms in total. The van der Waals surface area contributed by atoms with Gasteiger partial charge < -0.3 is 14.0 Å². The van der Waals surface area contributed by atoms with Crippen LogP contribution in [0, 0.1) is 5.82 Å². The van der Waals surface area contributed by atoms with E-state index in [1.54, 1.807) is 31.4 Å². The van der Waals surface area contributed by atoms with Crippen LogP contribution in [0.1, 0.15) is 5.69 Å². The zero-order chi connectivity index (χ0) is 19.5. The van der Waals surface area contributed by atoms with Gasteiger partial charge in [-0.3, -0.25) is 0 Å². The second-order valence-electron chi connectivity index (χ2n) is 5.80. The summed E-state index contributed by atoms with van der Waals surface area (Å²) in [6.07, 6.45) is 0. The molecule has 0 aliphatic rings. The molecule has 0 amide bonds. The van der Waals surface area contributed by atoms with Gasteiger partial charge in [-0.2, -0.15) is 4.98 Å². The van der Waals surface area contributed by atoms with Crippen LogP contribution in [0.15, 0.2) is 53.1 Å². The smallest absolute Gasteiger partial charge is 0.280 e. The second-order valence-corrected chi connectivity index (χ2v) is 5.80. The zero-order valence-corrected chi connectivity index (χ0v) is 15.2. The number of nitrogens with zero attached hydrogens (tertiary/aromatic N) is 5. The lowest BCUT2D eigenvalue weighted by molar-refractivity contribution is 0.179. The maximum atomic E-state index is 14.2. The Kier molecular flexibility index (Phi) is 4.81.